The number of carbonyl (C=O) groups excluding carboxylic acids is 3. The van der Waals surface area contributed by atoms with Crippen LogP contribution in [-0.4, -0.2) is 64.6 Å². The second-order valence-corrected chi connectivity index (χ2v) is 12.3. The Labute approximate surface area is 250 Å². The van der Waals surface area contributed by atoms with Gasteiger partial charge < -0.3 is 20.7 Å². The zero-order valence-corrected chi connectivity index (χ0v) is 25.2. The number of fused-ring (bicyclic) bond motifs is 1. The van der Waals surface area contributed by atoms with Crippen molar-refractivity contribution >= 4 is 23.3 Å². The van der Waals surface area contributed by atoms with Crippen LogP contribution >= 0.6 is 0 Å². The van der Waals surface area contributed by atoms with Gasteiger partial charge in [0.25, 0.3) is 5.91 Å². The van der Waals surface area contributed by atoms with Gasteiger partial charge in [-0.25, -0.2) is 4.68 Å². The Morgan fingerprint density at radius 2 is 1.81 bits per heavy atom. The highest BCUT2D eigenvalue weighted by Gasteiger charge is 2.45. The number of ketones is 1. The molecule has 43 heavy (non-hydrogen) atoms. The molecule has 4 rings (SSSR count). The Hall–Kier alpha value is -3.41. The second kappa shape index (κ2) is 13.5. The van der Waals surface area contributed by atoms with Crippen LogP contribution in [0.2, 0.25) is 0 Å². The van der Waals surface area contributed by atoms with Crippen molar-refractivity contribution in [3.05, 3.63) is 40.7 Å². The number of ether oxygens (including phenoxy) is 1. The Morgan fingerprint density at radius 1 is 1.12 bits per heavy atom. The quantitative estimate of drug-likeness (QED) is 0.241. The van der Waals surface area contributed by atoms with Crippen molar-refractivity contribution in [3.63, 3.8) is 0 Å². The lowest BCUT2D eigenvalue weighted by atomic mass is 9.75. The number of nitrogens with one attached hydrogen (secondary N) is 1. The fraction of sp³-hybridized carbons (Fsp3) is 0.613. The normalized spacial score (nSPS) is 17.5. The summed E-state index contributed by atoms with van der Waals surface area (Å²) in [6, 6.07) is 4.66. The number of rotatable bonds is 12. The van der Waals surface area contributed by atoms with E-state index in [9.17, 15) is 27.6 Å². The van der Waals surface area contributed by atoms with Crippen LogP contribution in [0.5, 0.6) is 0 Å². The van der Waals surface area contributed by atoms with Crippen molar-refractivity contribution in [2.24, 2.45) is 11.1 Å². The molecule has 0 spiro atoms. The van der Waals surface area contributed by atoms with Crippen LogP contribution < -0.4 is 11.1 Å². The number of likely N-dealkylation sites (tertiary alicyclic amines) is 1. The summed E-state index contributed by atoms with van der Waals surface area (Å²) >= 11 is 0. The first-order valence-corrected chi connectivity index (χ1v) is 15.1. The molecule has 1 saturated heterocycles. The number of hydrogen-bond donors (Lipinski definition) is 2. The third-order valence-electron chi connectivity index (χ3n) is 8.18. The van der Waals surface area contributed by atoms with E-state index in [1.165, 1.54) is 16.8 Å². The van der Waals surface area contributed by atoms with Crippen molar-refractivity contribution in [1.82, 2.24) is 14.7 Å². The Balaban J connectivity index is 1.43. The number of alkyl halides is 3. The van der Waals surface area contributed by atoms with E-state index in [1.807, 2.05) is 13.8 Å². The van der Waals surface area contributed by atoms with Crippen LogP contribution in [0, 0.1) is 5.41 Å². The minimum absolute atomic E-state index is 0.0103. The number of primary amides is 1. The summed E-state index contributed by atoms with van der Waals surface area (Å²) in [7, 11) is 0. The Morgan fingerprint density at radius 3 is 2.47 bits per heavy atom. The molecule has 0 saturated carbocycles. The van der Waals surface area contributed by atoms with Crippen molar-refractivity contribution in [2.45, 2.75) is 90.8 Å². The van der Waals surface area contributed by atoms with Crippen LogP contribution in [0.3, 0.4) is 0 Å². The van der Waals surface area contributed by atoms with Crippen molar-refractivity contribution in [2.75, 3.05) is 31.6 Å². The maximum absolute atomic E-state index is 13.9. The van der Waals surface area contributed by atoms with Gasteiger partial charge in [0.1, 0.15) is 0 Å². The lowest BCUT2D eigenvalue weighted by Gasteiger charge is -2.33. The van der Waals surface area contributed by atoms with Crippen molar-refractivity contribution in [1.29, 1.82) is 0 Å². The molecule has 12 heteroatoms. The molecular weight excluding hydrogens is 563 g/mol. The highest BCUT2D eigenvalue weighted by molar-refractivity contribution is 6.00. The molecule has 236 valence electrons. The van der Waals surface area contributed by atoms with E-state index in [0.717, 1.165) is 58.2 Å². The number of carbonyl (C=O) groups is 3. The number of esters is 1. The maximum Gasteiger partial charge on any atom is 0.435 e. The summed E-state index contributed by atoms with van der Waals surface area (Å²) in [4.78, 5) is 38.9. The number of benzene rings is 1. The van der Waals surface area contributed by atoms with Gasteiger partial charge >= 0.3 is 12.1 Å². The average molecular weight is 606 g/mol. The monoisotopic (exact) mass is 605 g/mol. The number of piperidine rings is 1. The molecule has 1 fully saturated rings. The van der Waals surface area contributed by atoms with Gasteiger partial charge in [-0.15, -0.1) is 0 Å². The van der Waals surface area contributed by atoms with Gasteiger partial charge in [0.15, 0.2) is 11.5 Å². The number of nitrogens with zero attached hydrogens (tertiary/aromatic N) is 3. The molecule has 1 aromatic carbocycles. The molecule has 2 heterocycles. The summed E-state index contributed by atoms with van der Waals surface area (Å²) in [5.74, 6) is -1.36. The second-order valence-electron chi connectivity index (χ2n) is 12.3. The summed E-state index contributed by atoms with van der Waals surface area (Å²) in [5.41, 5.74) is 4.80. The highest BCUT2D eigenvalue weighted by atomic mass is 19.4. The molecular formula is C31H42F3N5O4. The summed E-state index contributed by atoms with van der Waals surface area (Å²) in [6.07, 6.45) is 1.49. The minimum atomic E-state index is -4.78. The molecule has 0 unspecified atom stereocenters. The van der Waals surface area contributed by atoms with E-state index >= 15 is 0 Å². The molecule has 1 aliphatic heterocycles. The molecule has 2 aliphatic rings. The number of Topliss-reactive ketones (excluding diaryl/α,β-unsaturated/α-hetero) is 1. The van der Waals surface area contributed by atoms with Crippen molar-refractivity contribution in [3.8, 4) is 5.69 Å². The molecule has 1 amide bonds. The SMILES string of the molecule is CCOC(=O)CCCCCCN1CCC(Nc2cc(-n3nc(C(F)(F)F)c4c3CC(C)(C)CC4=O)ccc2C(N)=O)CC1. The van der Waals surface area contributed by atoms with E-state index in [0.29, 0.717) is 24.4 Å². The summed E-state index contributed by atoms with van der Waals surface area (Å²) < 4.78 is 47.9. The fourth-order valence-electron chi connectivity index (χ4n) is 6.07. The number of aromatic nitrogens is 2. The van der Waals surface area contributed by atoms with Crippen LogP contribution in [-0.2, 0) is 22.1 Å². The topological polar surface area (TPSA) is 120 Å². The molecule has 1 aliphatic carbocycles. The van der Waals surface area contributed by atoms with Crippen LogP contribution in [0.15, 0.2) is 18.2 Å². The average Bonchev–Trinajstić information content (AvgIpc) is 3.31. The van der Waals surface area contributed by atoms with E-state index in [1.54, 1.807) is 13.0 Å². The molecule has 3 N–H and O–H groups in total. The zero-order chi connectivity index (χ0) is 31.4. The first-order chi connectivity index (χ1) is 20.3. The fourth-order valence-corrected chi connectivity index (χ4v) is 6.07. The highest BCUT2D eigenvalue weighted by Crippen LogP contribution is 2.42. The van der Waals surface area contributed by atoms with E-state index in [4.69, 9.17) is 10.5 Å². The predicted molar refractivity (Wildman–Crippen MR) is 156 cm³/mol. The van der Waals surface area contributed by atoms with Crippen LogP contribution in [0.4, 0.5) is 18.9 Å². The van der Waals surface area contributed by atoms with Gasteiger partial charge in [0.05, 0.1) is 29.1 Å². The number of hydrogen-bond acceptors (Lipinski definition) is 7. The van der Waals surface area contributed by atoms with Gasteiger partial charge in [-0.1, -0.05) is 26.7 Å². The van der Waals surface area contributed by atoms with Crippen LogP contribution in [0.25, 0.3) is 5.69 Å². The van der Waals surface area contributed by atoms with Gasteiger partial charge in [0, 0.05) is 37.7 Å². The number of amides is 1. The molecule has 0 radical (unpaired) electrons. The van der Waals surface area contributed by atoms with E-state index in [2.05, 4.69) is 15.3 Å². The van der Waals surface area contributed by atoms with Crippen LogP contribution in [0.1, 0.15) is 104 Å². The molecule has 0 bridgehead atoms. The third kappa shape index (κ3) is 8.16. The van der Waals surface area contributed by atoms with Gasteiger partial charge in [-0.3, -0.25) is 14.4 Å². The standard InChI is InChI=1S/C31H42F3N5O4/c1-4-43-26(41)9-7-5-6-8-14-38-15-12-20(13-16-38)36-23-17-21(10-11-22(23)29(35)42)39-24-18-30(2,3)19-25(40)27(24)28(37-39)31(32,33)34/h10-11,17,20,36H,4-9,12-16,18-19H2,1-3H3,(H2,35,42). The number of anilines is 1. The summed E-state index contributed by atoms with van der Waals surface area (Å²) in [5, 5.41) is 7.29. The first kappa shape index (κ1) is 32.5. The van der Waals surface area contributed by atoms with Gasteiger partial charge in [-0.2, -0.15) is 18.3 Å². The van der Waals surface area contributed by atoms with Gasteiger partial charge in [0.2, 0.25) is 0 Å². The predicted octanol–water partition coefficient (Wildman–Crippen LogP) is 5.54. The number of nitrogens with two attached hydrogens (primary N) is 1. The molecule has 9 nitrogen and oxygen atoms in total. The molecule has 2 aromatic rings. The Bertz CT molecular complexity index is 1330. The third-order valence-corrected chi connectivity index (χ3v) is 8.18. The maximum atomic E-state index is 13.9. The summed E-state index contributed by atoms with van der Waals surface area (Å²) in [6.45, 7) is 8.61. The lowest BCUT2D eigenvalue weighted by molar-refractivity contribution is -0.143. The molecule has 1 aromatic heterocycles. The van der Waals surface area contributed by atoms with Gasteiger partial charge in [-0.05, 0) is 69.2 Å². The zero-order valence-electron chi connectivity index (χ0n) is 25.2. The first-order valence-electron chi connectivity index (χ1n) is 15.1. The Kier molecular flexibility index (Phi) is 10.2. The largest absolute Gasteiger partial charge is 0.466 e. The minimum Gasteiger partial charge on any atom is -0.466 e. The molecule has 0 atom stereocenters. The number of halogens is 3. The number of unbranched alkanes of at least 4 members (excludes halogenated alkanes) is 3. The van der Waals surface area contributed by atoms with Crippen molar-refractivity contribution < 1.29 is 32.3 Å². The van der Waals surface area contributed by atoms with E-state index < -0.39 is 29.0 Å². The van der Waals surface area contributed by atoms with E-state index in [-0.39, 0.29) is 41.7 Å². The lowest BCUT2D eigenvalue weighted by Crippen LogP contribution is -2.39. The smallest absolute Gasteiger partial charge is 0.435 e.